The smallest absolute Gasteiger partial charge is 0.462 e. The average molecular weight is 822 g/mol. The van der Waals surface area contributed by atoms with Crippen LogP contribution in [0.1, 0.15) is 194 Å². The van der Waals surface area contributed by atoms with E-state index in [9.17, 15) is 19.0 Å². The summed E-state index contributed by atoms with van der Waals surface area (Å²) in [6, 6.07) is 0. The molecule has 1 unspecified atom stereocenters. The fourth-order valence-electron chi connectivity index (χ4n) is 5.96. The van der Waals surface area contributed by atoms with Crippen LogP contribution in [0.3, 0.4) is 0 Å². The molecule has 10 heteroatoms. The molecule has 0 bridgehead atoms. The first kappa shape index (κ1) is 54.7. The molecule has 0 radical (unpaired) electrons. The van der Waals surface area contributed by atoms with E-state index in [4.69, 9.17) is 24.3 Å². The van der Waals surface area contributed by atoms with Crippen molar-refractivity contribution in [2.24, 2.45) is 5.73 Å². The standard InChI is InChI=1S/C47H84NO8P/c1-3-5-7-9-11-13-15-17-19-21-22-24-26-28-30-32-34-36-38-40-47(50)56-45(44-55-57(51,52)54-42-41-48)43-53-46(49)39-37-35-33-31-29-27-25-23-20-18-16-14-12-10-8-6-4-2/h11,13,17-20,22,24,28,30,45H,3-10,12,14-16,21,23,25-27,29,31-44,48H2,1-2H3,(H,51,52)/t45-/m1/s1. The van der Waals surface area contributed by atoms with Gasteiger partial charge in [-0.25, -0.2) is 4.57 Å². The summed E-state index contributed by atoms with van der Waals surface area (Å²) in [5.74, 6) is -0.871. The van der Waals surface area contributed by atoms with Crippen LogP contribution in [0.4, 0.5) is 0 Å². The Morgan fingerprint density at radius 2 is 0.912 bits per heavy atom. The summed E-state index contributed by atoms with van der Waals surface area (Å²) in [5, 5.41) is 0. The van der Waals surface area contributed by atoms with Gasteiger partial charge in [0.25, 0.3) is 0 Å². The Morgan fingerprint density at radius 1 is 0.526 bits per heavy atom. The molecule has 3 N–H and O–H groups in total. The van der Waals surface area contributed by atoms with E-state index in [1.165, 1.54) is 89.9 Å². The minimum Gasteiger partial charge on any atom is -0.462 e. The van der Waals surface area contributed by atoms with Crippen LogP contribution in [0.5, 0.6) is 0 Å². The Hall–Kier alpha value is -2.29. The van der Waals surface area contributed by atoms with Crippen molar-refractivity contribution in [3.8, 4) is 0 Å². The van der Waals surface area contributed by atoms with Crippen molar-refractivity contribution < 1.29 is 37.6 Å². The lowest BCUT2D eigenvalue weighted by molar-refractivity contribution is -0.161. The quantitative estimate of drug-likeness (QED) is 0.0267. The van der Waals surface area contributed by atoms with E-state index in [1.807, 2.05) is 0 Å². The van der Waals surface area contributed by atoms with Crippen LogP contribution in [-0.2, 0) is 32.7 Å². The number of rotatable bonds is 42. The predicted octanol–water partition coefficient (Wildman–Crippen LogP) is 13.3. The van der Waals surface area contributed by atoms with Gasteiger partial charge in [0.1, 0.15) is 6.61 Å². The van der Waals surface area contributed by atoms with Crippen molar-refractivity contribution in [3.63, 3.8) is 0 Å². The van der Waals surface area contributed by atoms with Gasteiger partial charge in [0.05, 0.1) is 13.2 Å². The average Bonchev–Trinajstić information content (AvgIpc) is 3.20. The molecular weight excluding hydrogens is 737 g/mol. The highest BCUT2D eigenvalue weighted by atomic mass is 31.2. The van der Waals surface area contributed by atoms with Crippen LogP contribution >= 0.6 is 7.82 Å². The van der Waals surface area contributed by atoms with Gasteiger partial charge in [0.15, 0.2) is 6.10 Å². The number of nitrogens with two attached hydrogens (primary N) is 1. The number of phosphoric acid groups is 1. The molecule has 330 valence electrons. The van der Waals surface area contributed by atoms with Crippen molar-refractivity contribution in [1.82, 2.24) is 0 Å². The van der Waals surface area contributed by atoms with Crippen molar-refractivity contribution in [2.75, 3.05) is 26.4 Å². The maximum Gasteiger partial charge on any atom is 0.472 e. The second-order valence-electron chi connectivity index (χ2n) is 14.9. The summed E-state index contributed by atoms with van der Waals surface area (Å²) >= 11 is 0. The minimum absolute atomic E-state index is 0.0450. The van der Waals surface area contributed by atoms with Crippen molar-refractivity contribution in [3.05, 3.63) is 60.8 Å². The molecule has 0 heterocycles. The van der Waals surface area contributed by atoms with Gasteiger partial charge < -0.3 is 20.1 Å². The van der Waals surface area contributed by atoms with Gasteiger partial charge >= 0.3 is 19.8 Å². The molecule has 0 fully saturated rings. The van der Waals surface area contributed by atoms with E-state index in [-0.39, 0.29) is 32.6 Å². The first-order chi connectivity index (χ1) is 27.8. The summed E-state index contributed by atoms with van der Waals surface area (Å²) in [6.07, 6.45) is 51.0. The van der Waals surface area contributed by atoms with Gasteiger partial charge in [0.2, 0.25) is 0 Å². The second kappa shape index (κ2) is 43.3. The first-order valence-corrected chi connectivity index (χ1v) is 24.3. The highest BCUT2D eigenvalue weighted by Gasteiger charge is 2.26. The molecule has 0 aromatic rings. The summed E-state index contributed by atoms with van der Waals surface area (Å²) in [5.41, 5.74) is 5.35. The number of carbonyl (C=O) groups is 2. The second-order valence-corrected chi connectivity index (χ2v) is 16.4. The summed E-state index contributed by atoms with van der Waals surface area (Å²) in [4.78, 5) is 34.9. The van der Waals surface area contributed by atoms with Gasteiger partial charge in [-0.2, -0.15) is 0 Å². The van der Waals surface area contributed by atoms with E-state index in [1.54, 1.807) is 0 Å². The maximum atomic E-state index is 12.6. The van der Waals surface area contributed by atoms with Crippen molar-refractivity contribution in [1.29, 1.82) is 0 Å². The van der Waals surface area contributed by atoms with E-state index >= 15 is 0 Å². The maximum absolute atomic E-state index is 12.6. The number of ether oxygens (including phenoxy) is 2. The molecule has 0 spiro atoms. The zero-order valence-electron chi connectivity index (χ0n) is 36.3. The Kier molecular flexibility index (Phi) is 41.6. The third-order valence-electron chi connectivity index (χ3n) is 9.38. The lowest BCUT2D eigenvalue weighted by Crippen LogP contribution is -2.29. The Bertz CT molecular complexity index is 1120. The molecule has 0 aromatic heterocycles. The molecule has 0 saturated heterocycles. The Labute approximate surface area is 349 Å². The zero-order chi connectivity index (χ0) is 41.8. The zero-order valence-corrected chi connectivity index (χ0v) is 37.2. The number of allylic oxidation sites excluding steroid dienone is 10. The van der Waals surface area contributed by atoms with Crippen LogP contribution in [0.2, 0.25) is 0 Å². The number of carbonyl (C=O) groups excluding carboxylic acids is 2. The molecule has 0 aliphatic carbocycles. The van der Waals surface area contributed by atoms with E-state index in [2.05, 4.69) is 74.6 Å². The molecule has 0 saturated carbocycles. The summed E-state index contributed by atoms with van der Waals surface area (Å²) < 4.78 is 32.8. The largest absolute Gasteiger partial charge is 0.472 e. The molecule has 0 aliphatic heterocycles. The number of hydrogen-bond donors (Lipinski definition) is 2. The fourth-order valence-corrected chi connectivity index (χ4v) is 6.73. The van der Waals surface area contributed by atoms with Crippen LogP contribution < -0.4 is 5.73 Å². The molecular formula is C47H84NO8P. The molecule has 9 nitrogen and oxygen atoms in total. The SMILES string of the molecule is CCCCCC=CCC=CCC=CCC=CCCCCCC(=O)O[C@H](COC(=O)CCCCCCCCCC=CCCCCCCCC)COP(=O)(O)OCCN. The molecule has 0 amide bonds. The normalized spacial score (nSPS) is 13.8. The Morgan fingerprint density at radius 3 is 1.42 bits per heavy atom. The number of phosphoric ester groups is 1. The van der Waals surface area contributed by atoms with E-state index in [0.717, 1.165) is 70.6 Å². The van der Waals surface area contributed by atoms with Gasteiger partial charge in [-0.15, -0.1) is 0 Å². The lowest BCUT2D eigenvalue weighted by Gasteiger charge is -2.19. The number of unbranched alkanes of at least 4 members (excludes halogenated alkanes) is 19. The van der Waals surface area contributed by atoms with Crippen LogP contribution in [0, 0.1) is 0 Å². The van der Waals surface area contributed by atoms with Crippen LogP contribution in [-0.4, -0.2) is 49.3 Å². The molecule has 0 aromatic carbocycles. The molecule has 2 atom stereocenters. The summed E-state index contributed by atoms with van der Waals surface area (Å²) in [7, 11) is -4.39. The molecule has 57 heavy (non-hydrogen) atoms. The molecule has 0 aliphatic rings. The van der Waals surface area contributed by atoms with Crippen molar-refractivity contribution in [2.45, 2.75) is 200 Å². The monoisotopic (exact) mass is 822 g/mol. The van der Waals surface area contributed by atoms with Gasteiger partial charge in [-0.1, -0.05) is 158 Å². The third kappa shape index (κ3) is 43.1. The predicted molar refractivity (Wildman–Crippen MR) is 238 cm³/mol. The van der Waals surface area contributed by atoms with Crippen LogP contribution in [0.15, 0.2) is 60.8 Å². The fraction of sp³-hybridized carbons (Fsp3) is 0.745. The highest BCUT2D eigenvalue weighted by molar-refractivity contribution is 7.47. The van der Waals surface area contributed by atoms with Gasteiger partial charge in [-0.05, 0) is 83.5 Å². The Balaban J connectivity index is 4.21. The van der Waals surface area contributed by atoms with Gasteiger partial charge in [-0.3, -0.25) is 18.6 Å². The molecule has 0 rings (SSSR count). The van der Waals surface area contributed by atoms with Crippen LogP contribution in [0.25, 0.3) is 0 Å². The first-order valence-electron chi connectivity index (χ1n) is 22.8. The number of esters is 2. The highest BCUT2D eigenvalue weighted by Crippen LogP contribution is 2.43. The topological polar surface area (TPSA) is 134 Å². The van der Waals surface area contributed by atoms with E-state index in [0.29, 0.717) is 6.42 Å². The minimum atomic E-state index is -4.39. The third-order valence-corrected chi connectivity index (χ3v) is 10.4. The van der Waals surface area contributed by atoms with Crippen molar-refractivity contribution >= 4 is 19.8 Å². The van der Waals surface area contributed by atoms with Gasteiger partial charge in [0, 0.05) is 19.4 Å². The number of hydrogen-bond acceptors (Lipinski definition) is 8. The summed E-state index contributed by atoms with van der Waals surface area (Å²) in [6.45, 7) is 3.66. The lowest BCUT2D eigenvalue weighted by atomic mass is 10.1. The van der Waals surface area contributed by atoms with E-state index < -0.39 is 32.5 Å².